The molecule has 1 aliphatic carbocycles. The molecule has 0 aromatic carbocycles. The number of carbonyl (C=O) groups excluding carboxylic acids is 1. The molecule has 0 bridgehead atoms. The highest BCUT2D eigenvalue weighted by molar-refractivity contribution is 5.82. The zero-order chi connectivity index (χ0) is 20.5. The highest BCUT2D eigenvalue weighted by Crippen LogP contribution is 2.39. The number of fused-ring (bicyclic) bond motifs is 1. The highest BCUT2D eigenvalue weighted by Gasteiger charge is 2.42. The van der Waals surface area contributed by atoms with Gasteiger partial charge in [0.1, 0.15) is 12.1 Å². The first-order chi connectivity index (χ1) is 13.9. The summed E-state index contributed by atoms with van der Waals surface area (Å²) in [5.41, 5.74) is 7.91. The minimum absolute atomic E-state index is 0.132. The summed E-state index contributed by atoms with van der Waals surface area (Å²) in [5, 5.41) is 0. The van der Waals surface area contributed by atoms with Crippen molar-refractivity contribution in [3.63, 3.8) is 0 Å². The molecule has 1 aromatic heterocycles. The predicted molar refractivity (Wildman–Crippen MR) is 111 cm³/mol. The molecule has 1 amide bonds. The number of rotatable bonds is 5. The molecular weight excluding hydrogens is 368 g/mol. The van der Waals surface area contributed by atoms with E-state index in [-0.39, 0.29) is 24.1 Å². The number of aromatic nitrogens is 2. The van der Waals surface area contributed by atoms with Crippen molar-refractivity contribution in [1.29, 1.82) is 0 Å². The van der Waals surface area contributed by atoms with Crippen LogP contribution in [0, 0.1) is 5.92 Å². The van der Waals surface area contributed by atoms with Gasteiger partial charge in [0.15, 0.2) is 0 Å². The molecule has 3 fully saturated rings. The molecule has 8 nitrogen and oxygen atoms in total. The van der Waals surface area contributed by atoms with Gasteiger partial charge in [-0.15, -0.1) is 0 Å². The molecule has 2 aliphatic heterocycles. The molecule has 4 atom stereocenters. The summed E-state index contributed by atoms with van der Waals surface area (Å²) < 4.78 is 6.10. The van der Waals surface area contributed by atoms with Gasteiger partial charge in [-0.3, -0.25) is 10.2 Å². The normalized spacial score (nSPS) is 30.3. The second kappa shape index (κ2) is 8.53. The first-order valence-electron chi connectivity index (χ1n) is 10.9. The summed E-state index contributed by atoms with van der Waals surface area (Å²) >= 11 is 0. The lowest BCUT2D eigenvalue weighted by Crippen LogP contribution is -2.53. The third-order valence-corrected chi connectivity index (χ3v) is 6.37. The molecule has 2 N–H and O–H groups in total. The van der Waals surface area contributed by atoms with Gasteiger partial charge in [-0.25, -0.2) is 15.4 Å². The van der Waals surface area contributed by atoms with E-state index in [4.69, 9.17) is 4.74 Å². The standard InChI is InChI=1S/C21H34N6O2/c1-13(2)27-8-7-26(11-20(27)28)19-10-18(22-12-23-19)21-16-9-15(29-14(3)4)5-6-17(16)24-25-21/h10,12-17,21,24-25H,5-9,11H2,1-4H3. The first kappa shape index (κ1) is 20.5. The van der Waals surface area contributed by atoms with Crippen LogP contribution in [0.2, 0.25) is 0 Å². The van der Waals surface area contributed by atoms with Crippen LogP contribution in [0.15, 0.2) is 12.4 Å². The Morgan fingerprint density at radius 2 is 1.97 bits per heavy atom. The Kier molecular flexibility index (Phi) is 6.03. The van der Waals surface area contributed by atoms with E-state index >= 15 is 0 Å². The van der Waals surface area contributed by atoms with Crippen LogP contribution in [0.4, 0.5) is 5.82 Å². The molecule has 1 saturated carbocycles. The van der Waals surface area contributed by atoms with Gasteiger partial charge in [-0.1, -0.05) is 0 Å². The molecule has 2 saturated heterocycles. The van der Waals surface area contributed by atoms with E-state index in [1.165, 1.54) is 0 Å². The molecule has 29 heavy (non-hydrogen) atoms. The average molecular weight is 403 g/mol. The van der Waals surface area contributed by atoms with E-state index in [9.17, 15) is 4.79 Å². The molecule has 160 valence electrons. The quantitative estimate of drug-likeness (QED) is 0.775. The Hall–Kier alpha value is -1.77. The Balaban J connectivity index is 1.47. The second-order valence-electron chi connectivity index (χ2n) is 9.06. The maximum absolute atomic E-state index is 12.5. The number of piperazine rings is 1. The van der Waals surface area contributed by atoms with Crippen molar-refractivity contribution in [2.45, 2.75) is 77.3 Å². The third-order valence-electron chi connectivity index (χ3n) is 6.37. The maximum atomic E-state index is 12.5. The van der Waals surface area contributed by atoms with Gasteiger partial charge in [-0.2, -0.15) is 0 Å². The Morgan fingerprint density at radius 1 is 1.14 bits per heavy atom. The van der Waals surface area contributed by atoms with Gasteiger partial charge in [0, 0.05) is 37.2 Å². The number of ether oxygens (including phenoxy) is 1. The van der Waals surface area contributed by atoms with Crippen molar-refractivity contribution in [2.24, 2.45) is 5.92 Å². The van der Waals surface area contributed by atoms with Gasteiger partial charge in [0.25, 0.3) is 0 Å². The molecule has 4 unspecified atom stereocenters. The van der Waals surface area contributed by atoms with Crippen LogP contribution in [-0.2, 0) is 9.53 Å². The van der Waals surface area contributed by atoms with Gasteiger partial charge in [0.2, 0.25) is 5.91 Å². The van der Waals surface area contributed by atoms with E-state index in [1.807, 2.05) is 11.0 Å². The lowest BCUT2D eigenvalue weighted by molar-refractivity contribution is -0.132. The first-order valence-corrected chi connectivity index (χ1v) is 10.9. The number of anilines is 1. The van der Waals surface area contributed by atoms with Crippen LogP contribution in [0.3, 0.4) is 0 Å². The SMILES string of the molecule is CC(C)OC1CCC2NNC(c3cc(N4CCN(C(C)C)C(=O)C4)ncn3)C2C1. The Labute approximate surface area is 173 Å². The van der Waals surface area contributed by atoms with Gasteiger partial charge < -0.3 is 14.5 Å². The molecule has 3 heterocycles. The number of hydrogen-bond acceptors (Lipinski definition) is 7. The summed E-state index contributed by atoms with van der Waals surface area (Å²) in [7, 11) is 0. The summed E-state index contributed by atoms with van der Waals surface area (Å²) in [6.45, 7) is 10.2. The van der Waals surface area contributed by atoms with Gasteiger partial charge in [-0.05, 0) is 47.0 Å². The van der Waals surface area contributed by atoms with Crippen molar-refractivity contribution in [1.82, 2.24) is 25.7 Å². The minimum Gasteiger partial charge on any atom is -0.376 e. The highest BCUT2D eigenvalue weighted by atomic mass is 16.5. The molecule has 4 rings (SSSR count). The topological polar surface area (TPSA) is 82.6 Å². The van der Waals surface area contributed by atoms with Crippen LogP contribution >= 0.6 is 0 Å². The molecule has 1 aromatic rings. The van der Waals surface area contributed by atoms with Gasteiger partial charge in [0.05, 0.1) is 30.5 Å². The fraction of sp³-hybridized carbons (Fsp3) is 0.762. The number of nitrogens with one attached hydrogen (secondary N) is 2. The molecular formula is C21H34N6O2. The predicted octanol–water partition coefficient (Wildman–Crippen LogP) is 1.64. The summed E-state index contributed by atoms with van der Waals surface area (Å²) in [5.74, 6) is 1.44. The number of carbonyl (C=O) groups is 1. The number of amides is 1. The van der Waals surface area contributed by atoms with E-state index in [2.05, 4.69) is 53.4 Å². The van der Waals surface area contributed by atoms with Crippen LogP contribution in [0.5, 0.6) is 0 Å². The van der Waals surface area contributed by atoms with E-state index in [0.717, 1.165) is 43.9 Å². The molecule has 3 aliphatic rings. The number of hydrogen-bond donors (Lipinski definition) is 2. The lowest BCUT2D eigenvalue weighted by Gasteiger charge is -2.37. The van der Waals surface area contributed by atoms with Crippen molar-refractivity contribution in [2.75, 3.05) is 24.5 Å². The number of nitrogens with zero attached hydrogens (tertiary/aromatic N) is 4. The van der Waals surface area contributed by atoms with Crippen molar-refractivity contribution in [3.8, 4) is 0 Å². The fourth-order valence-corrected chi connectivity index (χ4v) is 4.95. The van der Waals surface area contributed by atoms with Crippen LogP contribution in [-0.4, -0.2) is 64.7 Å². The monoisotopic (exact) mass is 402 g/mol. The maximum Gasteiger partial charge on any atom is 0.242 e. The zero-order valence-electron chi connectivity index (χ0n) is 18.0. The average Bonchev–Trinajstić information content (AvgIpc) is 3.10. The van der Waals surface area contributed by atoms with Crippen molar-refractivity contribution < 1.29 is 9.53 Å². The van der Waals surface area contributed by atoms with Crippen LogP contribution < -0.4 is 15.8 Å². The fourth-order valence-electron chi connectivity index (χ4n) is 4.95. The summed E-state index contributed by atoms with van der Waals surface area (Å²) in [4.78, 5) is 25.5. The molecule has 0 radical (unpaired) electrons. The van der Waals surface area contributed by atoms with E-state index in [0.29, 0.717) is 24.6 Å². The van der Waals surface area contributed by atoms with E-state index < -0.39 is 0 Å². The van der Waals surface area contributed by atoms with Gasteiger partial charge >= 0.3 is 0 Å². The van der Waals surface area contributed by atoms with Crippen molar-refractivity contribution in [3.05, 3.63) is 18.1 Å². The Morgan fingerprint density at radius 3 is 2.69 bits per heavy atom. The Bertz CT molecular complexity index is 727. The summed E-state index contributed by atoms with van der Waals surface area (Å²) in [6.07, 6.45) is 5.42. The zero-order valence-corrected chi connectivity index (χ0v) is 18.0. The largest absolute Gasteiger partial charge is 0.376 e. The second-order valence-corrected chi connectivity index (χ2v) is 9.06. The van der Waals surface area contributed by atoms with Crippen molar-refractivity contribution >= 4 is 11.7 Å². The van der Waals surface area contributed by atoms with Crippen LogP contribution in [0.25, 0.3) is 0 Å². The minimum atomic E-state index is 0.132. The van der Waals surface area contributed by atoms with E-state index in [1.54, 1.807) is 6.33 Å². The third kappa shape index (κ3) is 4.39. The lowest BCUT2D eigenvalue weighted by atomic mass is 9.79. The summed E-state index contributed by atoms with van der Waals surface area (Å²) in [6, 6.07) is 2.87. The smallest absolute Gasteiger partial charge is 0.242 e. The number of hydrazine groups is 1. The molecule has 8 heteroatoms. The van der Waals surface area contributed by atoms with Crippen LogP contribution in [0.1, 0.15) is 58.7 Å². The molecule has 0 spiro atoms.